The molecule has 0 aliphatic carbocycles. The van der Waals surface area contributed by atoms with Crippen LogP contribution in [-0.4, -0.2) is 18.8 Å². The molecule has 18 heavy (non-hydrogen) atoms. The number of benzene rings is 1. The SMILES string of the molecule is CCC(C)(CN)OCc1cc(Br)cc2c1OCC2. The first-order valence-corrected chi connectivity index (χ1v) is 7.15. The molecule has 1 heterocycles. The van der Waals surface area contributed by atoms with Gasteiger partial charge in [0.2, 0.25) is 0 Å². The number of fused-ring (bicyclic) bond motifs is 1. The molecule has 3 nitrogen and oxygen atoms in total. The molecule has 0 amide bonds. The van der Waals surface area contributed by atoms with Gasteiger partial charge in [-0.1, -0.05) is 22.9 Å². The topological polar surface area (TPSA) is 44.5 Å². The minimum Gasteiger partial charge on any atom is -0.493 e. The zero-order valence-electron chi connectivity index (χ0n) is 11.0. The van der Waals surface area contributed by atoms with E-state index in [1.165, 1.54) is 5.56 Å². The Morgan fingerprint density at radius 1 is 1.50 bits per heavy atom. The van der Waals surface area contributed by atoms with Crippen molar-refractivity contribution < 1.29 is 9.47 Å². The lowest BCUT2D eigenvalue weighted by molar-refractivity contribution is -0.0393. The number of hydrogen-bond donors (Lipinski definition) is 1. The first kappa shape index (κ1) is 13.8. The molecule has 0 radical (unpaired) electrons. The summed E-state index contributed by atoms with van der Waals surface area (Å²) in [5.74, 6) is 0.994. The minimum atomic E-state index is -0.256. The predicted octanol–water partition coefficient (Wildman–Crippen LogP) is 3.03. The van der Waals surface area contributed by atoms with E-state index < -0.39 is 0 Å². The van der Waals surface area contributed by atoms with Gasteiger partial charge in [-0.25, -0.2) is 0 Å². The van der Waals surface area contributed by atoms with E-state index in [0.29, 0.717) is 13.2 Å². The number of halogens is 1. The second-order valence-electron chi connectivity index (χ2n) is 4.95. The lowest BCUT2D eigenvalue weighted by Gasteiger charge is -2.27. The molecule has 1 atom stereocenters. The molecule has 0 bridgehead atoms. The molecule has 1 aliphatic heterocycles. The molecule has 1 unspecified atom stereocenters. The molecule has 0 aromatic heterocycles. The van der Waals surface area contributed by atoms with Gasteiger partial charge in [-0.3, -0.25) is 0 Å². The first-order chi connectivity index (χ1) is 8.58. The molecule has 0 saturated carbocycles. The van der Waals surface area contributed by atoms with Crippen molar-refractivity contribution in [3.8, 4) is 5.75 Å². The highest BCUT2D eigenvalue weighted by atomic mass is 79.9. The van der Waals surface area contributed by atoms with E-state index in [4.69, 9.17) is 15.2 Å². The smallest absolute Gasteiger partial charge is 0.128 e. The van der Waals surface area contributed by atoms with Gasteiger partial charge in [-0.2, -0.15) is 0 Å². The standard InChI is InChI=1S/C14H20BrNO2/c1-3-14(2,9-16)18-8-11-7-12(15)6-10-4-5-17-13(10)11/h6-7H,3-5,8-9,16H2,1-2H3. The van der Waals surface area contributed by atoms with Gasteiger partial charge in [0.25, 0.3) is 0 Å². The van der Waals surface area contributed by atoms with E-state index in [-0.39, 0.29) is 5.60 Å². The second kappa shape index (κ2) is 5.59. The summed E-state index contributed by atoms with van der Waals surface area (Å²) < 4.78 is 12.7. The zero-order valence-corrected chi connectivity index (χ0v) is 12.5. The quantitative estimate of drug-likeness (QED) is 0.908. The van der Waals surface area contributed by atoms with Crippen LogP contribution in [0.15, 0.2) is 16.6 Å². The Labute approximate surface area is 117 Å². The molecule has 0 spiro atoms. The van der Waals surface area contributed by atoms with Crippen molar-refractivity contribution in [2.45, 2.75) is 38.9 Å². The fraction of sp³-hybridized carbons (Fsp3) is 0.571. The molecular weight excluding hydrogens is 294 g/mol. The summed E-state index contributed by atoms with van der Waals surface area (Å²) in [6, 6.07) is 4.19. The zero-order chi connectivity index (χ0) is 13.2. The number of ether oxygens (including phenoxy) is 2. The number of hydrogen-bond acceptors (Lipinski definition) is 3. The molecule has 4 heteroatoms. The Morgan fingerprint density at radius 3 is 2.94 bits per heavy atom. The Morgan fingerprint density at radius 2 is 2.28 bits per heavy atom. The van der Waals surface area contributed by atoms with Crippen LogP contribution in [0.4, 0.5) is 0 Å². The summed E-state index contributed by atoms with van der Waals surface area (Å²) in [5, 5.41) is 0. The van der Waals surface area contributed by atoms with Crippen LogP contribution < -0.4 is 10.5 Å². The van der Waals surface area contributed by atoms with Crippen LogP contribution in [0.3, 0.4) is 0 Å². The summed E-state index contributed by atoms with van der Waals surface area (Å²) in [6.07, 6.45) is 1.88. The Kier molecular flexibility index (Phi) is 4.30. The average Bonchev–Trinajstić information content (AvgIpc) is 2.83. The molecule has 1 aromatic rings. The third kappa shape index (κ3) is 2.87. The normalized spacial score (nSPS) is 17.1. The fourth-order valence-electron chi connectivity index (χ4n) is 2.01. The predicted molar refractivity (Wildman–Crippen MR) is 75.9 cm³/mol. The van der Waals surface area contributed by atoms with Crippen molar-refractivity contribution in [1.82, 2.24) is 0 Å². The summed E-state index contributed by atoms with van der Waals surface area (Å²) in [6.45, 7) is 5.98. The monoisotopic (exact) mass is 313 g/mol. The maximum absolute atomic E-state index is 5.97. The van der Waals surface area contributed by atoms with E-state index in [0.717, 1.165) is 35.2 Å². The largest absolute Gasteiger partial charge is 0.493 e. The van der Waals surface area contributed by atoms with Crippen molar-refractivity contribution in [3.63, 3.8) is 0 Å². The lowest BCUT2D eigenvalue weighted by Crippen LogP contribution is -2.36. The first-order valence-electron chi connectivity index (χ1n) is 6.36. The lowest BCUT2D eigenvalue weighted by atomic mass is 10.0. The molecule has 1 aromatic carbocycles. The van der Waals surface area contributed by atoms with E-state index >= 15 is 0 Å². The van der Waals surface area contributed by atoms with Crippen LogP contribution in [-0.2, 0) is 17.8 Å². The van der Waals surface area contributed by atoms with Gasteiger partial charge in [0, 0.05) is 23.0 Å². The Bertz CT molecular complexity index is 430. The third-order valence-electron chi connectivity index (χ3n) is 3.58. The van der Waals surface area contributed by atoms with Gasteiger partial charge in [-0.15, -0.1) is 0 Å². The van der Waals surface area contributed by atoms with Crippen molar-refractivity contribution in [3.05, 3.63) is 27.7 Å². The van der Waals surface area contributed by atoms with Crippen molar-refractivity contribution in [2.75, 3.05) is 13.2 Å². The van der Waals surface area contributed by atoms with Crippen molar-refractivity contribution in [1.29, 1.82) is 0 Å². The van der Waals surface area contributed by atoms with Crippen molar-refractivity contribution in [2.24, 2.45) is 5.73 Å². The summed E-state index contributed by atoms with van der Waals surface area (Å²) in [5.41, 5.74) is 7.86. The van der Waals surface area contributed by atoms with Gasteiger partial charge in [0.05, 0.1) is 18.8 Å². The van der Waals surface area contributed by atoms with Gasteiger partial charge in [0.1, 0.15) is 5.75 Å². The van der Waals surface area contributed by atoms with Gasteiger partial charge < -0.3 is 15.2 Å². The molecule has 100 valence electrons. The van der Waals surface area contributed by atoms with Crippen LogP contribution >= 0.6 is 15.9 Å². The van der Waals surface area contributed by atoms with Gasteiger partial charge >= 0.3 is 0 Å². The number of rotatable bonds is 5. The number of nitrogens with two attached hydrogens (primary N) is 1. The van der Waals surface area contributed by atoms with Crippen LogP contribution in [0.5, 0.6) is 5.75 Å². The Hall–Kier alpha value is -0.580. The summed E-state index contributed by atoms with van der Waals surface area (Å²) in [7, 11) is 0. The fourth-order valence-corrected chi connectivity index (χ4v) is 2.56. The summed E-state index contributed by atoms with van der Waals surface area (Å²) >= 11 is 3.53. The molecular formula is C14H20BrNO2. The highest BCUT2D eigenvalue weighted by Crippen LogP contribution is 2.34. The van der Waals surface area contributed by atoms with E-state index in [1.54, 1.807) is 0 Å². The Balaban J connectivity index is 2.15. The minimum absolute atomic E-state index is 0.256. The van der Waals surface area contributed by atoms with E-state index in [2.05, 4.69) is 35.0 Å². The maximum Gasteiger partial charge on any atom is 0.128 e. The van der Waals surface area contributed by atoms with Crippen molar-refractivity contribution >= 4 is 15.9 Å². The van der Waals surface area contributed by atoms with Crippen LogP contribution in [0.1, 0.15) is 31.4 Å². The molecule has 1 aliphatic rings. The summed E-state index contributed by atoms with van der Waals surface area (Å²) in [4.78, 5) is 0. The highest BCUT2D eigenvalue weighted by Gasteiger charge is 2.23. The average molecular weight is 314 g/mol. The molecule has 2 N–H and O–H groups in total. The molecule has 2 rings (SSSR count). The van der Waals surface area contributed by atoms with Crippen LogP contribution in [0.25, 0.3) is 0 Å². The van der Waals surface area contributed by atoms with Crippen LogP contribution in [0.2, 0.25) is 0 Å². The third-order valence-corrected chi connectivity index (χ3v) is 4.04. The van der Waals surface area contributed by atoms with Gasteiger partial charge in [0.15, 0.2) is 0 Å². The highest BCUT2D eigenvalue weighted by molar-refractivity contribution is 9.10. The second-order valence-corrected chi connectivity index (χ2v) is 5.86. The molecule has 0 fully saturated rings. The van der Waals surface area contributed by atoms with Crippen LogP contribution in [0, 0.1) is 0 Å². The van der Waals surface area contributed by atoms with E-state index in [9.17, 15) is 0 Å². The molecule has 0 saturated heterocycles. The maximum atomic E-state index is 5.97. The van der Waals surface area contributed by atoms with E-state index in [1.807, 2.05) is 6.92 Å². The van der Waals surface area contributed by atoms with Gasteiger partial charge in [-0.05, 0) is 31.0 Å².